The van der Waals surface area contributed by atoms with Crippen LogP contribution in [0, 0.1) is 6.92 Å². The van der Waals surface area contributed by atoms with Crippen molar-refractivity contribution in [3.63, 3.8) is 0 Å². The lowest BCUT2D eigenvalue weighted by Gasteiger charge is -2.03. The van der Waals surface area contributed by atoms with Crippen molar-refractivity contribution in [2.45, 2.75) is 31.3 Å². The fourth-order valence-electron chi connectivity index (χ4n) is 1.47. The Labute approximate surface area is 107 Å². The molecule has 16 heavy (non-hydrogen) atoms. The van der Waals surface area contributed by atoms with Crippen LogP contribution in [-0.4, -0.2) is 19.7 Å². The highest BCUT2D eigenvalue weighted by Crippen LogP contribution is 2.27. The third-order valence-electron chi connectivity index (χ3n) is 2.27. The Morgan fingerprint density at radius 2 is 2.38 bits per heavy atom. The summed E-state index contributed by atoms with van der Waals surface area (Å²) in [5.41, 5.74) is 2.25. The van der Waals surface area contributed by atoms with E-state index in [1.165, 1.54) is 5.69 Å². The smallest absolute Gasteiger partial charge is 0.165 e. The summed E-state index contributed by atoms with van der Waals surface area (Å²) in [6, 6.07) is 0. The Morgan fingerprint density at radius 3 is 3.00 bits per heavy atom. The number of H-pyrrole nitrogens is 1. The predicted octanol–water partition coefficient (Wildman–Crippen LogP) is 2.99. The Balaban J connectivity index is 2.14. The van der Waals surface area contributed by atoms with Crippen LogP contribution >= 0.6 is 27.7 Å². The quantitative estimate of drug-likeness (QED) is 0.883. The number of thioether (sulfide) groups is 1. The van der Waals surface area contributed by atoms with E-state index in [2.05, 4.69) is 37.9 Å². The molecule has 0 atom stereocenters. The number of hydrogen-bond donors (Lipinski definition) is 1. The Morgan fingerprint density at radius 1 is 1.56 bits per heavy atom. The number of hydrogen-bond acceptors (Lipinski definition) is 3. The van der Waals surface area contributed by atoms with Gasteiger partial charge in [0.15, 0.2) is 5.16 Å². The minimum absolute atomic E-state index is 0.864. The lowest BCUT2D eigenvalue weighted by Crippen LogP contribution is -2.01. The van der Waals surface area contributed by atoms with Crippen molar-refractivity contribution in [2.24, 2.45) is 0 Å². The summed E-state index contributed by atoms with van der Waals surface area (Å²) in [6.45, 7) is 5.00. The SMILES string of the molecule is CCn1nc(C)c(Br)c1CSc1ncc[nH]1. The zero-order valence-electron chi connectivity index (χ0n) is 9.20. The molecule has 2 heterocycles. The first-order valence-electron chi connectivity index (χ1n) is 5.06. The predicted molar refractivity (Wildman–Crippen MR) is 68.5 cm³/mol. The first-order chi connectivity index (χ1) is 7.72. The van der Waals surface area contributed by atoms with Crippen LogP contribution in [0.15, 0.2) is 22.0 Å². The highest BCUT2D eigenvalue weighted by Gasteiger charge is 2.12. The second kappa shape index (κ2) is 5.05. The summed E-state index contributed by atoms with van der Waals surface area (Å²) in [7, 11) is 0. The van der Waals surface area contributed by atoms with E-state index in [1.54, 1.807) is 18.0 Å². The van der Waals surface area contributed by atoms with E-state index < -0.39 is 0 Å². The number of aromatic nitrogens is 4. The van der Waals surface area contributed by atoms with Crippen LogP contribution in [0.25, 0.3) is 0 Å². The van der Waals surface area contributed by atoms with Gasteiger partial charge in [0, 0.05) is 24.7 Å². The third-order valence-corrected chi connectivity index (χ3v) is 4.22. The Bertz CT molecular complexity index is 463. The first-order valence-corrected chi connectivity index (χ1v) is 6.84. The fourth-order valence-corrected chi connectivity index (χ4v) is 2.94. The van der Waals surface area contributed by atoms with Gasteiger partial charge in [0.25, 0.3) is 0 Å². The van der Waals surface area contributed by atoms with Gasteiger partial charge in [-0.1, -0.05) is 11.8 Å². The molecule has 2 aromatic heterocycles. The molecule has 0 saturated heterocycles. The number of rotatable bonds is 4. The van der Waals surface area contributed by atoms with Gasteiger partial charge < -0.3 is 4.98 Å². The Hall–Kier alpha value is -0.750. The number of imidazole rings is 1. The minimum atomic E-state index is 0.864. The van der Waals surface area contributed by atoms with E-state index in [0.29, 0.717) is 0 Å². The van der Waals surface area contributed by atoms with Gasteiger partial charge in [-0.2, -0.15) is 5.10 Å². The molecule has 0 bridgehead atoms. The van der Waals surface area contributed by atoms with Crippen molar-refractivity contribution in [3.8, 4) is 0 Å². The average Bonchev–Trinajstić information content (AvgIpc) is 2.87. The average molecular weight is 301 g/mol. The van der Waals surface area contributed by atoms with Crippen molar-refractivity contribution in [2.75, 3.05) is 0 Å². The molecule has 6 heteroatoms. The molecule has 0 saturated carbocycles. The van der Waals surface area contributed by atoms with Crippen molar-refractivity contribution >= 4 is 27.7 Å². The second-order valence-corrected chi connectivity index (χ2v) is 5.10. The molecule has 0 fully saturated rings. The van der Waals surface area contributed by atoms with Gasteiger partial charge in [-0.3, -0.25) is 4.68 Å². The van der Waals surface area contributed by atoms with E-state index in [4.69, 9.17) is 0 Å². The van der Waals surface area contributed by atoms with Crippen molar-refractivity contribution < 1.29 is 0 Å². The highest BCUT2D eigenvalue weighted by atomic mass is 79.9. The number of nitrogens with zero attached hydrogens (tertiary/aromatic N) is 3. The summed E-state index contributed by atoms with van der Waals surface area (Å²) >= 11 is 5.26. The standard InChI is InChI=1S/C10H13BrN4S/c1-3-15-8(9(11)7(2)14-15)6-16-10-12-4-5-13-10/h4-5H,3,6H2,1-2H3,(H,12,13). The monoisotopic (exact) mass is 300 g/mol. The van der Waals surface area contributed by atoms with E-state index >= 15 is 0 Å². The van der Waals surface area contributed by atoms with Crippen LogP contribution in [0.2, 0.25) is 0 Å². The highest BCUT2D eigenvalue weighted by molar-refractivity contribution is 9.10. The molecule has 2 aromatic rings. The molecule has 0 amide bonds. The number of nitrogens with one attached hydrogen (secondary N) is 1. The fraction of sp³-hybridized carbons (Fsp3) is 0.400. The first kappa shape index (κ1) is 11.7. The number of aromatic amines is 1. The van der Waals surface area contributed by atoms with Crippen LogP contribution in [0.3, 0.4) is 0 Å². The summed E-state index contributed by atoms with van der Waals surface area (Å²) in [5, 5.41) is 5.39. The van der Waals surface area contributed by atoms with Crippen LogP contribution in [0.4, 0.5) is 0 Å². The largest absolute Gasteiger partial charge is 0.340 e. The lowest BCUT2D eigenvalue weighted by molar-refractivity contribution is 0.631. The lowest BCUT2D eigenvalue weighted by atomic mass is 10.4. The van der Waals surface area contributed by atoms with Crippen molar-refractivity contribution in [1.82, 2.24) is 19.7 Å². The molecular weight excluding hydrogens is 288 g/mol. The van der Waals surface area contributed by atoms with Crippen LogP contribution in [0.5, 0.6) is 0 Å². The van der Waals surface area contributed by atoms with E-state index in [0.717, 1.165) is 27.6 Å². The van der Waals surface area contributed by atoms with Gasteiger partial charge in [-0.05, 0) is 29.8 Å². The zero-order chi connectivity index (χ0) is 11.5. The van der Waals surface area contributed by atoms with E-state index in [1.807, 2.05) is 17.8 Å². The zero-order valence-corrected chi connectivity index (χ0v) is 11.6. The molecular formula is C10H13BrN4S. The van der Waals surface area contributed by atoms with Gasteiger partial charge in [-0.25, -0.2) is 4.98 Å². The minimum Gasteiger partial charge on any atom is -0.340 e. The number of aryl methyl sites for hydroxylation is 2. The third kappa shape index (κ3) is 2.32. The maximum absolute atomic E-state index is 4.45. The molecule has 0 aliphatic carbocycles. The van der Waals surface area contributed by atoms with Gasteiger partial charge in [0.2, 0.25) is 0 Å². The van der Waals surface area contributed by atoms with Gasteiger partial charge >= 0.3 is 0 Å². The molecule has 0 radical (unpaired) electrons. The topological polar surface area (TPSA) is 46.5 Å². The van der Waals surface area contributed by atoms with Crippen molar-refractivity contribution in [3.05, 3.63) is 28.3 Å². The summed E-state index contributed by atoms with van der Waals surface area (Å²) in [6.07, 6.45) is 3.60. The summed E-state index contributed by atoms with van der Waals surface area (Å²) in [4.78, 5) is 7.26. The molecule has 0 unspecified atom stereocenters. The molecule has 2 rings (SSSR count). The molecule has 4 nitrogen and oxygen atoms in total. The molecule has 0 aromatic carbocycles. The molecule has 86 valence electrons. The molecule has 0 aliphatic rings. The maximum atomic E-state index is 4.45. The van der Waals surface area contributed by atoms with Gasteiger partial charge in [0.1, 0.15) is 0 Å². The molecule has 0 aliphatic heterocycles. The van der Waals surface area contributed by atoms with Gasteiger partial charge in [-0.15, -0.1) is 0 Å². The van der Waals surface area contributed by atoms with Crippen LogP contribution < -0.4 is 0 Å². The van der Waals surface area contributed by atoms with E-state index in [9.17, 15) is 0 Å². The summed E-state index contributed by atoms with van der Waals surface area (Å²) in [5.74, 6) is 0.864. The van der Waals surface area contributed by atoms with Crippen molar-refractivity contribution in [1.29, 1.82) is 0 Å². The summed E-state index contributed by atoms with van der Waals surface area (Å²) < 4.78 is 3.13. The molecule has 0 spiro atoms. The van der Waals surface area contributed by atoms with E-state index in [-0.39, 0.29) is 0 Å². The number of halogens is 1. The second-order valence-electron chi connectivity index (χ2n) is 3.34. The van der Waals surface area contributed by atoms with Gasteiger partial charge in [0.05, 0.1) is 15.9 Å². The van der Waals surface area contributed by atoms with Crippen LogP contribution in [-0.2, 0) is 12.3 Å². The van der Waals surface area contributed by atoms with Crippen LogP contribution in [0.1, 0.15) is 18.3 Å². The maximum Gasteiger partial charge on any atom is 0.165 e. The normalized spacial score (nSPS) is 10.9. The Kier molecular flexibility index (Phi) is 3.70. The molecule has 1 N–H and O–H groups in total.